The highest BCUT2D eigenvalue weighted by molar-refractivity contribution is 7.19. The molecule has 9 heteroatoms. The molecule has 1 amide bonds. The number of fused-ring (bicyclic) bond motifs is 2. The standard InChI is InChI=1S/C30H25N7OS/c1-18-22(17-36(3)34-18)12-10-20-11-13-24-23(16-20)25(21-8-5-4-6-9-21)27(39-24)19(2)33-30(38)26-28(31)35-37-15-7-14-32-29(26)37/h4-9,11,13-17,19H,1-3H3,(H2,31,35)(H,33,38). The summed E-state index contributed by atoms with van der Waals surface area (Å²) in [4.78, 5) is 18.7. The van der Waals surface area contributed by atoms with Gasteiger partial charge in [0.05, 0.1) is 17.3 Å². The summed E-state index contributed by atoms with van der Waals surface area (Å²) in [5, 5.41) is 12.8. The van der Waals surface area contributed by atoms with Gasteiger partial charge in [0, 0.05) is 51.7 Å². The van der Waals surface area contributed by atoms with Crippen molar-refractivity contribution in [1.29, 1.82) is 0 Å². The van der Waals surface area contributed by atoms with Gasteiger partial charge in [0.25, 0.3) is 5.91 Å². The first-order valence-electron chi connectivity index (χ1n) is 12.4. The number of hydrogen-bond acceptors (Lipinski definition) is 6. The van der Waals surface area contributed by atoms with Crippen LogP contribution in [0.5, 0.6) is 0 Å². The van der Waals surface area contributed by atoms with E-state index < -0.39 is 0 Å². The number of carbonyl (C=O) groups excluding carboxylic acids is 1. The van der Waals surface area contributed by atoms with E-state index in [4.69, 9.17) is 5.73 Å². The largest absolute Gasteiger partial charge is 0.381 e. The van der Waals surface area contributed by atoms with Crippen molar-refractivity contribution in [3.8, 4) is 23.0 Å². The van der Waals surface area contributed by atoms with E-state index in [9.17, 15) is 4.79 Å². The highest BCUT2D eigenvalue weighted by atomic mass is 32.1. The number of thiophene rings is 1. The zero-order valence-corrected chi connectivity index (χ0v) is 22.5. The van der Waals surface area contributed by atoms with E-state index in [1.54, 1.807) is 34.5 Å². The van der Waals surface area contributed by atoms with Crippen LogP contribution in [0.1, 0.15) is 45.0 Å². The van der Waals surface area contributed by atoms with Crippen molar-refractivity contribution in [3.63, 3.8) is 0 Å². The molecule has 4 aromatic heterocycles. The monoisotopic (exact) mass is 531 g/mol. The van der Waals surface area contributed by atoms with Crippen molar-refractivity contribution in [2.75, 3.05) is 5.73 Å². The summed E-state index contributed by atoms with van der Waals surface area (Å²) >= 11 is 1.66. The number of carbonyl (C=O) groups is 1. The summed E-state index contributed by atoms with van der Waals surface area (Å²) in [5.74, 6) is 6.38. The molecule has 3 N–H and O–H groups in total. The van der Waals surface area contributed by atoms with Gasteiger partial charge in [0.15, 0.2) is 11.5 Å². The quantitative estimate of drug-likeness (QED) is 0.307. The smallest absolute Gasteiger partial charge is 0.259 e. The van der Waals surface area contributed by atoms with Crippen molar-refractivity contribution in [2.45, 2.75) is 19.9 Å². The minimum Gasteiger partial charge on any atom is -0.381 e. The van der Waals surface area contributed by atoms with Gasteiger partial charge in [0.1, 0.15) is 5.56 Å². The number of nitrogens with zero attached hydrogens (tertiary/aromatic N) is 5. The fourth-order valence-electron chi connectivity index (χ4n) is 4.72. The fraction of sp³-hybridized carbons (Fsp3) is 0.133. The van der Waals surface area contributed by atoms with Crippen LogP contribution in [0.4, 0.5) is 5.82 Å². The van der Waals surface area contributed by atoms with E-state index >= 15 is 0 Å². The van der Waals surface area contributed by atoms with Crippen molar-refractivity contribution in [3.05, 3.63) is 100 Å². The minimum atomic E-state index is -0.316. The topological polar surface area (TPSA) is 103 Å². The molecule has 1 unspecified atom stereocenters. The first-order chi connectivity index (χ1) is 18.9. The number of anilines is 1. The molecule has 0 saturated heterocycles. The fourth-order valence-corrected chi connectivity index (χ4v) is 5.93. The Kier molecular flexibility index (Phi) is 6.09. The molecule has 8 nitrogen and oxygen atoms in total. The van der Waals surface area contributed by atoms with Gasteiger partial charge in [-0.15, -0.1) is 16.4 Å². The molecular formula is C30H25N7OS. The molecule has 0 spiro atoms. The first kappa shape index (κ1) is 24.4. The summed E-state index contributed by atoms with van der Waals surface area (Å²) in [5.41, 5.74) is 11.7. The first-order valence-corrected chi connectivity index (χ1v) is 13.2. The van der Waals surface area contributed by atoms with Crippen molar-refractivity contribution < 1.29 is 4.79 Å². The molecule has 0 aliphatic rings. The zero-order chi connectivity index (χ0) is 27.1. The average molecular weight is 532 g/mol. The molecule has 0 saturated carbocycles. The number of nitrogen functional groups attached to an aromatic ring is 1. The maximum atomic E-state index is 13.4. The molecule has 192 valence electrons. The van der Waals surface area contributed by atoms with Crippen molar-refractivity contribution in [1.82, 2.24) is 29.7 Å². The van der Waals surface area contributed by atoms with Crippen LogP contribution < -0.4 is 11.1 Å². The van der Waals surface area contributed by atoms with Gasteiger partial charge in [-0.05, 0) is 43.7 Å². The summed E-state index contributed by atoms with van der Waals surface area (Å²) in [6.07, 6.45) is 5.26. The maximum Gasteiger partial charge on any atom is 0.259 e. The predicted molar refractivity (Wildman–Crippen MR) is 154 cm³/mol. The highest BCUT2D eigenvalue weighted by Gasteiger charge is 2.24. The van der Waals surface area contributed by atoms with Gasteiger partial charge in [-0.2, -0.15) is 5.10 Å². The molecule has 4 heterocycles. The van der Waals surface area contributed by atoms with Gasteiger partial charge >= 0.3 is 0 Å². The lowest BCUT2D eigenvalue weighted by Gasteiger charge is -2.15. The Morgan fingerprint density at radius 2 is 1.92 bits per heavy atom. The molecule has 39 heavy (non-hydrogen) atoms. The number of hydrogen-bond donors (Lipinski definition) is 2. The van der Waals surface area contributed by atoms with Crippen LogP contribution in [0.25, 0.3) is 26.9 Å². The van der Waals surface area contributed by atoms with E-state index in [-0.39, 0.29) is 23.3 Å². The molecule has 6 aromatic rings. The highest BCUT2D eigenvalue weighted by Crippen LogP contribution is 2.42. The van der Waals surface area contributed by atoms with E-state index in [1.165, 1.54) is 4.52 Å². The molecule has 0 bridgehead atoms. The van der Waals surface area contributed by atoms with E-state index in [0.29, 0.717) is 5.65 Å². The Balaban J connectivity index is 1.41. The van der Waals surface area contributed by atoms with Crippen LogP contribution in [0, 0.1) is 18.8 Å². The second-order valence-corrected chi connectivity index (χ2v) is 10.4. The number of aromatic nitrogens is 5. The lowest BCUT2D eigenvalue weighted by molar-refractivity contribution is 0.0943. The lowest BCUT2D eigenvalue weighted by Crippen LogP contribution is -2.27. The number of benzene rings is 2. The van der Waals surface area contributed by atoms with Gasteiger partial charge in [-0.1, -0.05) is 42.2 Å². The summed E-state index contributed by atoms with van der Waals surface area (Å²) < 4.78 is 4.40. The average Bonchev–Trinajstić information content (AvgIpc) is 3.58. The van der Waals surface area contributed by atoms with Crippen LogP contribution in [0.15, 0.2) is 73.2 Å². The maximum absolute atomic E-state index is 13.4. The molecule has 6 rings (SSSR count). The molecule has 0 aliphatic heterocycles. The summed E-state index contributed by atoms with van der Waals surface area (Å²) in [7, 11) is 1.89. The van der Waals surface area contributed by atoms with Crippen LogP contribution in [-0.2, 0) is 7.05 Å². The van der Waals surface area contributed by atoms with E-state index in [1.807, 2.05) is 51.4 Å². The van der Waals surface area contributed by atoms with E-state index in [2.05, 4.69) is 56.6 Å². The zero-order valence-electron chi connectivity index (χ0n) is 21.6. The van der Waals surface area contributed by atoms with Gasteiger partial charge in [-0.25, -0.2) is 9.50 Å². The second kappa shape index (κ2) is 9.74. The second-order valence-electron chi connectivity index (χ2n) is 9.31. The number of amides is 1. The molecule has 0 fully saturated rings. The van der Waals surface area contributed by atoms with Crippen LogP contribution in [-0.4, -0.2) is 30.3 Å². The molecule has 1 atom stereocenters. The molecular weight excluding hydrogens is 506 g/mol. The lowest BCUT2D eigenvalue weighted by atomic mass is 9.98. The Bertz CT molecular complexity index is 1920. The molecule has 2 aromatic carbocycles. The third-order valence-electron chi connectivity index (χ3n) is 6.52. The Hall–Kier alpha value is -4.94. The van der Waals surface area contributed by atoms with Crippen LogP contribution in [0.2, 0.25) is 0 Å². The number of nitrogens with one attached hydrogen (secondary N) is 1. The number of rotatable bonds is 4. The number of aryl methyl sites for hydroxylation is 2. The van der Waals surface area contributed by atoms with Crippen molar-refractivity contribution >= 4 is 38.8 Å². The Morgan fingerprint density at radius 3 is 2.69 bits per heavy atom. The summed E-state index contributed by atoms with van der Waals surface area (Å²) in [6, 6.07) is 17.9. The number of nitrogens with two attached hydrogens (primary N) is 1. The Morgan fingerprint density at radius 1 is 1.10 bits per heavy atom. The van der Waals surface area contributed by atoms with Crippen LogP contribution >= 0.6 is 11.3 Å². The molecule has 0 aliphatic carbocycles. The third kappa shape index (κ3) is 4.51. The van der Waals surface area contributed by atoms with E-state index in [0.717, 1.165) is 42.9 Å². The van der Waals surface area contributed by atoms with Crippen molar-refractivity contribution in [2.24, 2.45) is 7.05 Å². The third-order valence-corrected chi connectivity index (χ3v) is 7.88. The minimum absolute atomic E-state index is 0.144. The van der Waals surface area contributed by atoms with Gasteiger partial charge < -0.3 is 11.1 Å². The van der Waals surface area contributed by atoms with Gasteiger partial charge in [-0.3, -0.25) is 9.48 Å². The predicted octanol–water partition coefficient (Wildman–Crippen LogP) is 5.13. The normalized spacial score (nSPS) is 11.9. The van der Waals surface area contributed by atoms with Gasteiger partial charge in [0.2, 0.25) is 0 Å². The summed E-state index contributed by atoms with van der Waals surface area (Å²) in [6.45, 7) is 3.94. The SMILES string of the molecule is Cc1nn(C)cc1C#Cc1ccc2sc(C(C)NC(=O)c3c(N)nn4cccnc34)c(-c3ccccc3)c2c1. The van der Waals surface area contributed by atoms with Crippen LogP contribution in [0.3, 0.4) is 0 Å². The molecule has 0 radical (unpaired) electrons. The Labute approximate surface area is 229 Å².